The van der Waals surface area contributed by atoms with E-state index >= 15 is 0 Å². The highest BCUT2D eigenvalue weighted by atomic mass is 35.5. The maximum absolute atomic E-state index is 11.7. The Morgan fingerprint density at radius 3 is 2.67 bits per heavy atom. The summed E-state index contributed by atoms with van der Waals surface area (Å²) >= 11 is 5.57. The quantitative estimate of drug-likeness (QED) is 0.632. The van der Waals surface area contributed by atoms with Crippen molar-refractivity contribution in [3.8, 4) is 0 Å². The molecule has 2 N–H and O–H groups in total. The minimum atomic E-state index is -0.700. The summed E-state index contributed by atoms with van der Waals surface area (Å²) in [7, 11) is 0. The molecule has 2 rings (SSSR count). The summed E-state index contributed by atoms with van der Waals surface area (Å²) in [6, 6.07) is 1.27. The smallest absolute Gasteiger partial charge is 0.337 e. The summed E-state index contributed by atoms with van der Waals surface area (Å²) in [6.45, 7) is 0. The number of aromatic amines is 2. The van der Waals surface area contributed by atoms with E-state index < -0.39 is 16.9 Å². The maximum Gasteiger partial charge on any atom is 0.337 e. The first kappa shape index (κ1) is 12.6. The van der Waals surface area contributed by atoms with Crippen LogP contribution in [-0.2, 0) is 6.42 Å². The predicted molar refractivity (Wildman–Crippen MR) is 67.4 cm³/mol. The van der Waals surface area contributed by atoms with Crippen LogP contribution in [0.3, 0.4) is 0 Å². The fourth-order valence-electron chi connectivity index (χ4n) is 1.79. The zero-order valence-electron chi connectivity index (χ0n) is 9.42. The number of unbranched alkanes of at least 4 members (excludes halogenated alkanes) is 1. The molecule has 2 aromatic heterocycles. The predicted octanol–water partition coefficient (Wildman–Crippen LogP) is 0.731. The molecule has 0 aromatic carbocycles. The van der Waals surface area contributed by atoms with Gasteiger partial charge < -0.3 is 4.42 Å². The van der Waals surface area contributed by atoms with Crippen LogP contribution in [0.1, 0.15) is 18.4 Å². The molecule has 0 bridgehead atoms. The van der Waals surface area contributed by atoms with Gasteiger partial charge in [-0.3, -0.25) is 14.8 Å². The molecule has 2 heterocycles. The van der Waals surface area contributed by atoms with E-state index in [1.807, 2.05) is 0 Å². The van der Waals surface area contributed by atoms with Gasteiger partial charge in [0.05, 0.1) is 0 Å². The third-order valence-electron chi connectivity index (χ3n) is 2.55. The molecule has 0 amide bonds. The van der Waals surface area contributed by atoms with E-state index in [0.717, 1.165) is 12.8 Å². The van der Waals surface area contributed by atoms with Crippen molar-refractivity contribution in [2.75, 3.05) is 5.88 Å². The average molecular weight is 271 g/mol. The molecule has 18 heavy (non-hydrogen) atoms. The standard InChI is InChI=1S/C11H11ClN2O4/c12-4-2-1-3-6-5-7(15)18-10-8(6)9(16)13-11(17)14-10/h5H,1-4H2,(H2,13,14,16,17). The van der Waals surface area contributed by atoms with Gasteiger partial charge >= 0.3 is 11.3 Å². The normalized spacial score (nSPS) is 10.9. The lowest BCUT2D eigenvalue weighted by Crippen LogP contribution is -2.24. The molecule has 0 saturated carbocycles. The molecular weight excluding hydrogens is 260 g/mol. The first-order chi connectivity index (χ1) is 8.61. The van der Waals surface area contributed by atoms with Gasteiger partial charge in [-0.05, 0) is 24.8 Å². The Morgan fingerprint density at radius 2 is 1.94 bits per heavy atom. The van der Waals surface area contributed by atoms with Crippen LogP contribution in [0.5, 0.6) is 0 Å². The number of nitrogens with one attached hydrogen (secondary N) is 2. The molecule has 0 atom stereocenters. The number of aromatic nitrogens is 2. The fourth-order valence-corrected chi connectivity index (χ4v) is 1.97. The van der Waals surface area contributed by atoms with Gasteiger partial charge in [-0.15, -0.1) is 11.6 Å². The Hall–Kier alpha value is -1.82. The number of hydrogen-bond donors (Lipinski definition) is 2. The summed E-state index contributed by atoms with van der Waals surface area (Å²) in [5.74, 6) is 0.520. The van der Waals surface area contributed by atoms with Crippen molar-refractivity contribution < 1.29 is 4.42 Å². The summed E-state index contributed by atoms with van der Waals surface area (Å²) in [4.78, 5) is 38.5. The largest absolute Gasteiger partial charge is 0.405 e. The Balaban J connectivity index is 2.61. The van der Waals surface area contributed by atoms with Crippen molar-refractivity contribution in [3.63, 3.8) is 0 Å². The van der Waals surface area contributed by atoms with Gasteiger partial charge in [0.1, 0.15) is 5.39 Å². The van der Waals surface area contributed by atoms with Gasteiger partial charge in [-0.25, -0.2) is 9.59 Å². The first-order valence-electron chi connectivity index (χ1n) is 5.47. The summed E-state index contributed by atoms with van der Waals surface area (Å²) < 4.78 is 4.81. The molecule has 96 valence electrons. The zero-order chi connectivity index (χ0) is 13.1. The van der Waals surface area contributed by atoms with E-state index in [9.17, 15) is 14.4 Å². The second-order valence-electron chi connectivity index (χ2n) is 3.85. The molecule has 0 aliphatic heterocycles. The Bertz CT molecular complexity index is 723. The lowest BCUT2D eigenvalue weighted by molar-refractivity contribution is 0.543. The molecule has 0 fully saturated rings. The lowest BCUT2D eigenvalue weighted by atomic mass is 10.1. The number of halogens is 1. The highest BCUT2D eigenvalue weighted by Crippen LogP contribution is 2.12. The SMILES string of the molecule is O=c1[nH]c(=O)c2c(CCCCCl)cc(=O)oc2[nH]1. The number of H-pyrrole nitrogens is 2. The van der Waals surface area contributed by atoms with Gasteiger partial charge in [0.25, 0.3) is 5.56 Å². The van der Waals surface area contributed by atoms with Gasteiger partial charge in [0.2, 0.25) is 5.71 Å². The van der Waals surface area contributed by atoms with Crippen LogP contribution >= 0.6 is 11.6 Å². The average Bonchev–Trinajstić information content (AvgIpc) is 2.27. The molecule has 0 spiro atoms. The van der Waals surface area contributed by atoms with Crippen LogP contribution in [0.2, 0.25) is 0 Å². The topological polar surface area (TPSA) is 95.9 Å². The third kappa shape index (κ3) is 2.53. The van der Waals surface area contributed by atoms with Gasteiger partial charge in [0, 0.05) is 11.9 Å². The van der Waals surface area contributed by atoms with Crippen molar-refractivity contribution in [1.82, 2.24) is 9.97 Å². The van der Waals surface area contributed by atoms with Crippen molar-refractivity contribution >= 4 is 22.7 Å². The molecule has 6 nitrogen and oxygen atoms in total. The van der Waals surface area contributed by atoms with Gasteiger partial charge in [-0.2, -0.15) is 0 Å². The summed E-state index contributed by atoms with van der Waals surface area (Å²) in [5.41, 5.74) is -1.38. The minimum Gasteiger partial charge on any atom is -0.405 e. The molecule has 0 saturated heterocycles. The Labute approximate surface area is 106 Å². The van der Waals surface area contributed by atoms with E-state index in [0.29, 0.717) is 17.9 Å². The molecule has 0 unspecified atom stereocenters. The Kier molecular flexibility index (Phi) is 3.66. The van der Waals surface area contributed by atoms with Crippen LogP contribution in [0.4, 0.5) is 0 Å². The van der Waals surface area contributed by atoms with Crippen LogP contribution in [0.25, 0.3) is 11.1 Å². The zero-order valence-corrected chi connectivity index (χ0v) is 10.2. The first-order valence-corrected chi connectivity index (χ1v) is 6.00. The summed E-state index contributed by atoms with van der Waals surface area (Å²) in [6.07, 6.45) is 2.06. The number of fused-ring (bicyclic) bond motifs is 1. The van der Waals surface area contributed by atoms with E-state index in [2.05, 4.69) is 9.97 Å². The monoisotopic (exact) mass is 270 g/mol. The number of hydrogen-bond acceptors (Lipinski definition) is 4. The van der Waals surface area contributed by atoms with Crippen LogP contribution < -0.4 is 16.9 Å². The van der Waals surface area contributed by atoms with Crippen molar-refractivity contribution in [1.29, 1.82) is 0 Å². The molecule has 0 aliphatic carbocycles. The molecule has 7 heteroatoms. The van der Waals surface area contributed by atoms with Crippen LogP contribution in [0.15, 0.2) is 24.9 Å². The van der Waals surface area contributed by atoms with Crippen LogP contribution in [-0.4, -0.2) is 15.8 Å². The molecule has 0 aliphatic rings. The van der Waals surface area contributed by atoms with Crippen molar-refractivity contribution in [2.24, 2.45) is 0 Å². The van der Waals surface area contributed by atoms with E-state index in [4.69, 9.17) is 16.0 Å². The number of rotatable bonds is 4. The number of alkyl halides is 1. The fraction of sp³-hybridized carbons (Fsp3) is 0.364. The second kappa shape index (κ2) is 5.22. The maximum atomic E-state index is 11.7. The molecule has 0 radical (unpaired) electrons. The number of aryl methyl sites for hydroxylation is 1. The minimum absolute atomic E-state index is 0.0860. The van der Waals surface area contributed by atoms with Crippen molar-refractivity contribution in [2.45, 2.75) is 19.3 Å². The van der Waals surface area contributed by atoms with Gasteiger partial charge in [-0.1, -0.05) is 0 Å². The second-order valence-corrected chi connectivity index (χ2v) is 4.23. The Morgan fingerprint density at radius 1 is 1.17 bits per heavy atom. The third-order valence-corrected chi connectivity index (χ3v) is 2.82. The van der Waals surface area contributed by atoms with Gasteiger partial charge in [0.15, 0.2) is 0 Å². The van der Waals surface area contributed by atoms with E-state index in [1.54, 1.807) is 0 Å². The van der Waals surface area contributed by atoms with Crippen molar-refractivity contribution in [3.05, 3.63) is 42.9 Å². The lowest BCUT2D eigenvalue weighted by Gasteiger charge is -2.02. The summed E-state index contributed by atoms with van der Waals surface area (Å²) in [5, 5.41) is 0.212. The van der Waals surface area contributed by atoms with E-state index in [-0.39, 0.29) is 11.1 Å². The van der Waals surface area contributed by atoms with E-state index in [1.165, 1.54) is 6.07 Å². The highest BCUT2D eigenvalue weighted by Gasteiger charge is 2.10. The molecular formula is C11H11ClN2O4. The molecule has 2 aromatic rings. The van der Waals surface area contributed by atoms with Crippen LogP contribution in [0, 0.1) is 0 Å². The highest BCUT2D eigenvalue weighted by molar-refractivity contribution is 6.17.